The summed E-state index contributed by atoms with van der Waals surface area (Å²) < 4.78 is 11.1. The SMILES string of the molecule is CC(O)Oc1cc([C@@H](O)CN)ccc1OC(C)(C)C. The van der Waals surface area contributed by atoms with Crippen molar-refractivity contribution in [2.24, 2.45) is 5.73 Å². The van der Waals surface area contributed by atoms with Gasteiger partial charge in [0.15, 0.2) is 17.8 Å². The Hall–Kier alpha value is -1.30. The molecule has 1 rings (SSSR count). The zero-order valence-electron chi connectivity index (χ0n) is 11.9. The molecule has 0 amide bonds. The number of hydrogen-bond acceptors (Lipinski definition) is 5. The highest BCUT2D eigenvalue weighted by Crippen LogP contribution is 2.33. The molecule has 108 valence electrons. The van der Waals surface area contributed by atoms with Gasteiger partial charge in [-0.15, -0.1) is 0 Å². The second-order valence-corrected chi connectivity index (χ2v) is 5.39. The van der Waals surface area contributed by atoms with Crippen LogP contribution in [0.3, 0.4) is 0 Å². The molecular weight excluding hydrogens is 246 g/mol. The molecule has 19 heavy (non-hydrogen) atoms. The number of hydrogen-bond donors (Lipinski definition) is 3. The third-order valence-corrected chi connectivity index (χ3v) is 2.29. The van der Waals surface area contributed by atoms with Crippen LogP contribution in [0.1, 0.15) is 39.4 Å². The molecule has 0 aliphatic heterocycles. The summed E-state index contributed by atoms with van der Waals surface area (Å²) in [6.45, 7) is 7.38. The minimum absolute atomic E-state index is 0.119. The molecular formula is C14H23NO4. The van der Waals surface area contributed by atoms with Crippen LogP contribution in [0.15, 0.2) is 18.2 Å². The van der Waals surface area contributed by atoms with E-state index >= 15 is 0 Å². The summed E-state index contributed by atoms with van der Waals surface area (Å²) >= 11 is 0. The van der Waals surface area contributed by atoms with Crippen LogP contribution in [0.5, 0.6) is 11.5 Å². The van der Waals surface area contributed by atoms with Gasteiger partial charge in [-0.2, -0.15) is 0 Å². The quantitative estimate of drug-likeness (QED) is 0.707. The van der Waals surface area contributed by atoms with Crippen LogP contribution < -0.4 is 15.2 Å². The van der Waals surface area contributed by atoms with E-state index in [2.05, 4.69) is 0 Å². The van der Waals surface area contributed by atoms with Crippen molar-refractivity contribution in [1.29, 1.82) is 0 Å². The van der Waals surface area contributed by atoms with E-state index in [9.17, 15) is 10.2 Å². The van der Waals surface area contributed by atoms with Gasteiger partial charge in [-0.05, 0) is 45.4 Å². The van der Waals surface area contributed by atoms with Gasteiger partial charge in [0, 0.05) is 6.54 Å². The van der Waals surface area contributed by atoms with Crippen molar-refractivity contribution >= 4 is 0 Å². The fraction of sp³-hybridized carbons (Fsp3) is 0.571. The van der Waals surface area contributed by atoms with Crippen LogP contribution >= 0.6 is 0 Å². The fourth-order valence-corrected chi connectivity index (χ4v) is 1.56. The second-order valence-electron chi connectivity index (χ2n) is 5.39. The van der Waals surface area contributed by atoms with E-state index in [1.807, 2.05) is 20.8 Å². The fourth-order valence-electron chi connectivity index (χ4n) is 1.56. The molecule has 0 aliphatic rings. The Kier molecular flexibility index (Phi) is 5.17. The topological polar surface area (TPSA) is 84.9 Å². The maximum atomic E-state index is 9.73. The maximum Gasteiger partial charge on any atom is 0.194 e. The Balaban J connectivity index is 3.09. The highest BCUT2D eigenvalue weighted by Gasteiger charge is 2.18. The lowest BCUT2D eigenvalue weighted by Gasteiger charge is -2.24. The van der Waals surface area contributed by atoms with Gasteiger partial charge in [0.1, 0.15) is 5.60 Å². The molecule has 2 atom stereocenters. The van der Waals surface area contributed by atoms with Gasteiger partial charge in [0.05, 0.1) is 6.10 Å². The molecule has 0 spiro atoms. The van der Waals surface area contributed by atoms with Crippen molar-refractivity contribution < 1.29 is 19.7 Å². The lowest BCUT2D eigenvalue weighted by atomic mass is 10.1. The Bertz CT molecular complexity index is 412. The van der Waals surface area contributed by atoms with E-state index in [0.29, 0.717) is 17.1 Å². The normalized spacial score (nSPS) is 14.9. The molecule has 4 N–H and O–H groups in total. The lowest BCUT2D eigenvalue weighted by molar-refractivity contribution is -0.00524. The summed E-state index contributed by atoms with van der Waals surface area (Å²) in [5.41, 5.74) is 5.66. The van der Waals surface area contributed by atoms with Gasteiger partial charge in [0.25, 0.3) is 0 Å². The van der Waals surface area contributed by atoms with Crippen LogP contribution in [0.2, 0.25) is 0 Å². The van der Waals surface area contributed by atoms with Crippen molar-refractivity contribution in [2.75, 3.05) is 6.54 Å². The van der Waals surface area contributed by atoms with Crippen LogP contribution in [-0.2, 0) is 0 Å². The molecule has 1 unspecified atom stereocenters. The summed E-state index contributed by atoms with van der Waals surface area (Å²) in [5, 5.41) is 19.1. The third kappa shape index (κ3) is 5.06. The molecule has 0 saturated carbocycles. The molecule has 0 fully saturated rings. The summed E-state index contributed by atoms with van der Waals surface area (Å²) in [7, 11) is 0. The monoisotopic (exact) mass is 269 g/mol. The minimum atomic E-state index is -0.965. The zero-order valence-corrected chi connectivity index (χ0v) is 11.9. The first kappa shape index (κ1) is 15.8. The molecule has 0 aliphatic carbocycles. The van der Waals surface area contributed by atoms with E-state index in [0.717, 1.165) is 0 Å². The molecule has 0 bridgehead atoms. The smallest absolute Gasteiger partial charge is 0.194 e. The molecule has 0 saturated heterocycles. The van der Waals surface area contributed by atoms with Crippen LogP contribution in [-0.4, -0.2) is 28.6 Å². The molecule has 0 aromatic heterocycles. The molecule has 1 aromatic carbocycles. The van der Waals surface area contributed by atoms with Gasteiger partial charge in [-0.3, -0.25) is 0 Å². The van der Waals surface area contributed by atoms with Gasteiger partial charge >= 0.3 is 0 Å². The average molecular weight is 269 g/mol. The number of nitrogens with two attached hydrogens (primary N) is 1. The third-order valence-electron chi connectivity index (χ3n) is 2.29. The van der Waals surface area contributed by atoms with Crippen LogP contribution in [0, 0.1) is 0 Å². The molecule has 0 heterocycles. The standard InChI is InChI=1S/C14H23NO4/c1-9(16)18-13-7-10(11(17)8-15)5-6-12(13)19-14(2,3)4/h5-7,9,11,16-17H,8,15H2,1-4H3/t9?,11-/m0/s1. The Morgan fingerprint density at radius 2 is 1.84 bits per heavy atom. The Morgan fingerprint density at radius 3 is 2.32 bits per heavy atom. The van der Waals surface area contributed by atoms with E-state index in [1.54, 1.807) is 18.2 Å². The summed E-state index contributed by atoms with van der Waals surface area (Å²) in [6.07, 6.45) is -1.73. The van der Waals surface area contributed by atoms with Gasteiger partial charge in [-0.25, -0.2) is 0 Å². The summed E-state index contributed by atoms with van der Waals surface area (Å²) in [6, 6.07) is 5.07. The first-order valence-corrected chi connectivity index (χ1v) is 6.29. The number of ether oxygens (including phenoxy) is 2. The molecule has 1 aromatic rings. The van der Waals surface area contributed by atoms with Crippen molar-refractivity contribution in [3.63, 3.8) is 0 Å². The molecule has 5 heteroatoms. The second kappa shape index (κ2) is 6.23. The zero-order chi connectivity index (χ0) is 14.6. The first-order valence-electron chi connectivity index (χ1n) is 6.29. The largest absolute Gasteiger partial charge is 0.484 e. The highest BCUT2D eigenvalue weighted by atomic mass is 16.6. The van der Waals surface area contributed by atoms with Crippen molar-refractivity contribution in [3.8, 4) is 11.5 Å². The van der Waals surface area contributed by atoms with Crippen molar-refractivity contribution in [1.82, 2.24) is 0 Å². The maximum absolute atomic E-state index is 9.73. The van der Waals surface area contributed by atoms with Crippen LogP contribution in [0.25, 0.3) is 0 Å². The Morgan fingerprint density at radius 1 is 1.21 bits per heavy atom. The predicted octanol–water partition coefficient (Wildman–Crippen LogP) is 1.57. The van der Waals surface area contributed by atoms with Crippen LogP contribution in [0.4, 0.5) is 0 Å². The summed E-state index contributed by atoms with van der Waals surface area (Å²) in [4.78, 5) is 0. The minimum Gasteiger partial charge on any atom is -0.484 e. The lowest BCUT2D eigenvalue weighted by Crippen LogP contribution is -2.24. The van der Waals surface area contributed by atoms with E-state index in [1.165, 1.54) is 6.92 Å². The Labute approximate surface area is 114 Å². The summed E-state index contributed by atoms with van der Waals surface area (Å²) in [5.74, 6) is 0.899. The number of aliphatic hydroxyl groups is 2. The van der Waals surface area contributed by atoms with Gasteiger partial charge < -0.3 is 25.4 Å². The first-order chi connectivity index (χ1) is 8.73. The van der Waals surface area contributed by atoms with Gasteiger partial charge in [-0.1, -0.05) is 6.07 Å². The molecule has 5 nitrogen and oxygen atoms in total. The van der Waals surface area contributed by atoms with E-state index in [-0.39, 0.29) is 12.1 Å². The van der Waals surface area contributed by atoms with E-state index in [4.69, 9.17) is 15.2 Å². The predicted molar refractivity (Wildman–Crippen MR) is 73.1 cm³/mol. The van der Waals surface area contributed by atoms with Crippen molar-refractivity contribution in [2.45, 2.75) is 45.7 Å². The van der Waals surface area contributed by atoms with Gasteiger partial charge in [0.2, 0.25) is 0 Å². The highest BCUT2D eigenvalue weighted by molar-refractivity contribution is 5.44. The van der Waals surface area contributed by atoms with E-state index < -0.39 is 12.4 Å². The molecule has 0 radical (unpaired) electrons. The number of aliphatic hydroxyl groups excluding tert-OH is 2. The van der Waals surface area contributed by atoms with Crippen molar-refractivity contribution in [3.05, 3.63) is 23.8 Å². The number of benzene rings is 1. The number of rotatable bonds is 5. The average Bonchev–Trinajstić information content (AvgIpc) is 2.28.